The normalized spacial score (nSPS) is 14.0. The molecule has 0 N–H and O–H groups in total. The number of unbranched alkanes of at least 4 members (excludes halogenated alkanes) is 2. The van der Waals surface area contributed by atoms with Gasteiger partial charge in [0.05, 0.1) is 29.8 Å². The van der Waals surface area contributed by atoms with Gasteiger partial charge in [-0.1, -0.05) is 19.8 Å². The fraction of sp³-hybridized carbons (Fsp3) is 0.794. The van der Waals surface area contributed by atoms with Crippen molar-refractivity contribution >= 4 is 62.0 Å². The largest absolute Gasteiger partial charge is 0.490 e. The Bertz CT molecular complexity index is 1270. The predicted molar refractivity (Wildman–Crippen MR) is 223 cm³/mol. The highest BCUT2D eigenvalue weighted by Crippen LogP contribution is 2.39. The Morgan fingerprint density at radius 3 is 1.51 bits per heavy atom. The van der Waals surface area contributed by atoms with Crippen LogP contribution in [0, 0.1) is 10.1 Å². The molecule has 1 aromatic rings. The van der Waals surface area contributed by atoms with E-state index < -0.39 is 61.4 Å². The van der Waals surface area contributed by atoms with E-state index >= 15 is 0 Å². The summed E-state index contributed by atoms with van der Waals surface area (Å²) in [5, 5.41) is 12.3. The van der Waals surface area contributed by atoms with E-state index in [9.17, 15) is 14.9 Å². The minimum absolute atomic E-state index is 0.169. The van der Waals surface area contributed by atoms with Gasteiger partial charge in [0.15, 0.2) is 44.8 Å². The van der Waals surface area contributed by atoms with Gasteiger partial charge in [-0.3, -0.25) is 14.9 Å². The van der Waals surface area contributed by atoms with Gasteiger partial charge in [-0.05, 0) is 136 Å². The van der Waals surface area contributed by atoms with Crippen LogP contribution in [0.4, 0.5) is 5.69 Å². The van der Waals surface area contributed by atoms with Crippen LogP contribution in [0.25, 0.3) is 0 Å². The highest BCUT2D eigenvalue weighted by molar-refractivity contribution is 6.88. The summed E-state index contributed by atoms with van der Waals surface area (Å²) in [6.45, 7) is 34.8. The minimum atomic E-state index is -2.28. The first-order chi connectivity index (χ1) is 23.1. The molecule has 0 bridgehead atoms. The first-order valence-electron chi connectivity index (χ1n) is 18.6. The third-order valence-electron chi connectivity index (χ3n) is 7.53. The third kappa shape index (κ3) is 20.8. The first kappa shape index (κ1) is 47.9. The van der Waals surface area contributed by atoms with E-state index in [1.54, 1.807) is 13.0 Å². The summed E-state index contributed by atoms with van der Waals surface area (Å²) >= 11 is 0. The fourth-order valence-electron chi connectivity index (χ4n) is 6.42. The average molecular weight is 822 g/mol. The molecule has 1 atom stereocenters. The van der Waals surface area contributed by atoms with Crippen LogP contribution in [0.15, 0.2) is 12.1 Å². The van der Waals surface area contributed by atoms with Crippen molar-refractivity contribution in [1.82, 2.24) is 0 Å². The van der Waals surface area contributed by atoms with E-state index in [0.29, 0.717) is 37.6 Å². The molecule has 17 heteroatoms. The molecule has 0 aromatic heterocycles. The molecule has 0 radical (unpaired) electrons. The summed E-state index contributed by atoms with van der Waals surface area (Å²) in [7, 11) is -12.2. The Morgan fingerprint density at radius 2 is 1.12 bits per heavy atom. The van der Waals surface area contributed by atoms with Gasteiger partial charge >= 0.3 is 23.1 Å². The van der Waals surface area contributed by atoms with E-state index in [2.05, 4.69) is 98.6 Å². The Morgan fingerprint density at radius 1 is 0.686 bits per heavy atom. The summed E-state index contributed by atoms with van der Waals surface area (Å²) in [4.78, 5) is 24.4. The van der Waals surface area contributed by atoms with Gasteiger partial charge < -0.3 is 30.7 Å². The molecule has 0 aliphatic carbocycles. The molecule has 0 saturated carbocycles. The topological polar surface area (TPSA) is 125 Å². The lowest BCUT2D eigenvalue weighted by molar-refractivity contribution is -0.386. The molecule has 51 heavy (non-hydrogen) atoms. The van der Waals surface area contributed by atoms with Crippen molar-refractivity contribution in [3.8, 4) is 11.5 Å². The van der Waals surface area contributed by atoms with E-state index in [-0.39, 0.29) is 23.6 Å². The van der Waals surface area contributed by atoms with Gasteiger partial charge in [0, 0.05) is 6.42 Å². The summed E-state index contributed by atoms with van der Waals surface area (Å²) in [6, 6.07) is 4.73. The number of nitrogens with zero attached hydrogens (tertiary/aromatic N) is 1. The van der Waals surface area contributed by atoms with Crippen molar-refractivity contribution < 1.29 is 40.4 Å². The molecule has 296 valence electrons. The average Bonchev–Trinajstić information content (AvgIpc) is 2.89. The first-order valence-corrected chi connectivity index (χ1v) is 37.3. The molecule has 1 aromatic carbocycles. The second-order valence-electron chi connectivity index (χ2n) is 17.6. The molecule has 1 rings (SSSR count). The summed E-state index contributed by atoms with van der Waals surface area (Å²) in [5.74, 6) is 0.320. The second kappa shape index (κ2) is 20.0. The Kier molecular flexibility index (Phi) is 18.7. The second-order valence-corrected chi connectivity index (χ2v) is 42.9. The lowest BCUT2D eigenvalue weighted by atomic mass is 10.1. The van der Waals surface area contributed by atoms with Crippen molar-refractivity contribution in [2.24, 2.45) is 0 Å². The summed E-state index contributed by atoms with van der Waals surface area (Å²) in [5.41, 5.74) is 0.106. The van der Waals surface area contributed by atoms with E-state index in [0.717, 1.165) is 31.4 Å². The molecular weight excluding hydrogens is 751 g/mol. The zero-order valence-corrected chi connectivity index (χ0v) is 40.8. The molecule has 0 saturated heterocycles. The van der Waals surface area contributed by atoms with Gasteiger partial charge in [-0.2, -0.15) is 0 Å². The molecule has 0 spiro atoms. The van der Waals surface area contributed by atoms with Crippen LogP contribution in [0.5, 0.6) is 11.5 Å². The zero-order valence-electron chi connectivity index (χ0n) is 34.8. The Hall–Kier alpha value is -1.17. The van der Waals surface area contributed by atoms with Crippen LogP contribution in [-0.4, -0.2) is 74.5 Å². The maximum absolute atomic E-state index is 12.6. The molecule has 1 unspecified atom stereocenters. The number of rotatable bonds is 25. The number of esters is 1. The van der Waals surface area contributed by atoms with Gasteiger partial charge in [0.2, 0.25) is 0 Å². The molecule has 0 fully saturated rings. The maximum atomic E-state index is 12.6. The zero-order chi connectivity index (χ0) is 39.5. The third-order valence-corrected chi connectivity index (χ3v) is 27.8. The number of nitro benzene ring substituents is 1. The van der Waals surface area contributed by atoms with Crippen molar-refractivity contribution in [3.63, 3.8) is 0 Å². The smallest absolute Gasteiger partial charge is 0.311 e. The molecule has 0 heterocycles. The molecule has 11 nitrogen and oxygen atoms in total. The number of hydrogen-bond acceptors (Lipinski definition) is 10. The number of carbonyl (C=O) groups is 1. The molecule has 0 amide bonds. The minimum Gasteiger partial charge on any atom is -0.490 e. The molecule has 0 aliphatic heterocycles. The Labute approximate surface area is 316 Å². The molecule has 0 aliphatic rings. The predicted octanol–water partition coefficient (Wildman–Crippen LogP) is 10.9. The van der Waals surface area contributed by atoms with Crippen molar-refractivity contribution in [3.05, 3.63) is 27.8 Å². The van der Waals surface area contributed by atoms with Gasteiger partial charge in [0.1, 0.15) is 6.10 Å². The van der Waals surface area contributed by atoms with E-state index in [4.69, 9.17) is 30.7 Å². The van der Waals surface area contributed by atoms with Gasteiger partial charge in [0.25, 0.3) is 5.69 Å². The van der Waals surface area contributed by atoms with Crippen molar-refractivity contribution in [2.75, 3.05) is 13.2 Å². The lowest BCUT2D eigenvalue weighted by Crippen LogP contribution is -2.51. The van der Waals surface area contributed by atoms with Crippen molar-refractivity contribution in [2.45, 2.75) is 162 Å². The van der Waals surface area contributed by atoms with Crippen LogP contribution >= 0.6 is 0 Å². The highest BCUT2D eigenvalue weighted by atomic mass is 28.5. The fourth-order valence-corrected chi connectivity index (χ4v) is 32.8. The van der Waals surface area contributed by atoms with Crippen LogP contribution < -0.4 is 9.47 Å². The summed E-state index contributed by atoms with van der Waals surface area (Å²) in [6.07, 6.45) is 3.51. The Balaban J connectivity index is 3.19. The SMILES string of the molecule is CCCCCC(=O)OC(C)c1cc(OCCC[Si](C)(C)O[Si](C)(C)O[Si](C)(C)C)c(OCCC[Si](C)(C)O[Si](C)(C)O[Si](C)(C)C)cc1[N+](=O)[O-]. The molecular formula is C34H71NO10Si6. The lowest BCUT2D eigenvalue weighted by Gasteiger charge is -2.37. The monoisotopic (exact) mass is 821 g/mol. The van der Waals surface area contributed by atoms with Crippen LogP contribution in [-0.2, 0) is 26.0 Å². The van der Waals surface area contributed by atoms with E-state index in [1.165, 1.54) is 6.07 Å². The standard InChI is InChI=1S/C34H71NO10Si6/c1-17-18-19-22-34(36)41-29(2)30-27-32(39-23-20-25-48(9,10)44-50(13,14)42-46(3,4)5)33(28-31(30)35(37)38)40-24-21-26-49(11,12)45-51(15,16)43-47(6,7)8/h27-29H,17-26H2,1-16H3. The van der Waals surface area contributed by atoms with Gasteiger partial charge in [-0.25, -0.2) is 0 Å². The van der Waals surface area contributed by atoms with Crippen LogP contribution in [0.3, 0.4) is 0 Å². The maximum Gasteiger partial charge on any atom is 0.311 e. The number of benzene rings is 1. The number of nitro groups is 1. The quantitative estimate of drug-likeness (QED) is 0.0309. The van der Waals surface area contributed by atoms with Crippen LogP contribution in [0.2, 0.25) is 104 Å². The van der Waals surface area contributed by atoms with Crippen molar-refractivity contribution in [1.29, 1.82) is 0 Å². The number of carbonyl (C=O) groups excluding carboxylic acids is 1. The number of hydrogen-bond donors (Lipinski definition) is 0. The van der Waals surface area contributed by atoms with Gasteiger partial charge in [-0.15, -0.1) is 0 Å². The summed E-state index contributed by atoms with van der Waals surface area (Å²) < 4.78 is 44.3. The van der Waals surface area contributed by atoms with Crippen LogP contribution in [0.1, 0.15) is 64.0 Å². The highest BCUT2D eigenvalue weighted by Gasteiger charge is 2.39. The van der Waals surface area contributed by atoms with E-state index in [1.807, 2.05) is 0 Å². The number of ether oxygens (including phenoxy) is 3.